The summed E-state index contributed by atoms with van der Waals surface area (Å²) in [7, 11) is 0. The lowest BCUT2D eigenvalue weighted by Crippen LogP contribution is -2.49. The Bertz CT molecular complexity index is 1080. The van der Waals surface area contributed by atoms with Gasteiger partial charge in [-0.1, -0.05) is 93.9 Å². The molecule has 2 amide bonds. The fraction of sp³-hybridized carbons (Fsp3) is 0.514. The molecule has 0 aliphatic heterocycles. The highest BCUT2D eigenvalue weighted by Crippen LogP contribution is 2.33. The van der Waals surface area contributed by atoms with E-state index in [0.29, 0.717) is 32.4 Å². The number of carboxylic acid groups (broad SMARTS) is 1. The highest BCUT2D eigenvalue weighted by Gasteiger charge is 2.34. The van der Waals surface area contributed by atoms with Gasteiger partial charge in [-0.15, -0.1) is 0 Å². The Morgan fingerprint density at radius 3 is 1.83 bits per heavy atom. The van der Waals surface area contributed by atoms with Gasteiger partial charge < -0.3 is 14.9 Å². The lowest BCUT2D eigenvalue weighted by atomic mass is 9.80. The van der Waals surface area contributed by atoms with Crippen LogP contribution in [0.15, 0.2) is 72.8 Å². The second-order valence-electron chi connectivity index (χ2n) is 12.7. The number of nitrogens with zero attached hydrogens (tertiary/aromatic N) is 2. The van der Waals surface area contributed by atoms with Crippen LogP contribution in [-0.4, -0.2) is 51.3 Å². The topological polar surface area (TPSA) is 77.9 Å². The molecule has 2 aromatic rings. The number of unbranched alkanes of at least 4 members (excludes halogenated alkanes) is 2. The Kier molecular flexibility index (Phi) is 13.3. The second-order valence-corrected chi connectivity index (χ2v) is 12.7. The van der Waals surface area contributed by atoms with Crippen molar-refractivity contribution in [2.45, 2.75) is 98.1 Å². The van der Waals surface area contributed by atoms with Crippen LogP contribution in [0.5, 0.6) is 0 Å². The highest BCUT2D eigenvalue weighted by atomic mass is 16.4. The summed E-state index contributed by atoms with van der Waals surface area (Å²) in [6, 6.07) is 19.9. The molecular weight excluding hydrogens is 512 g/mol. The van der Waals surface area contributed by atoms with E-state index in [1.807, 2.05) is 53.1 Å². The Morgan fingerprint density at radius 2 is 1.34 bits per heavy atom. The number of carbonyl (C=O) groups excluding carboxylic acids is 2. The first-order chi connectivity index (χ1) is 19.4. The number of amides is 2. The first kappa shape index (κ1) is 33.8. The van der Waals surface area contributed by atoms with Crippen LogP contribution in [0, 0.1) is 5.41 Å². The van der Waals surface area contributed by atoms with Gasteiger partial charge in [0.2, 0.25) is 11.8 Å². The molecule has 224 valence electrons. The van der Waals surface area contributed by atoms with Crippen molar-refractivity contribution < 1.29 is 19.5 Å². The SMILES string of the molecule is CC=CC(=O)N(CCCC(=O)N(CCCCCC(=O)O)C(c1ccccc1)c1ccccc1)C(C)(C)CC(C)(C)C. The Labute approximate surface area is 247 Å². The third-order valence-corrected chi connectivity index (χ3v) is 7.19. The average Bonchev–Trinajstić information content (AvgIpc) is 2.89. The molecule has 6 nitrogen and oxygen atoms in total. The van der Waals surface area contributed by atoms with Crippen LogP contribution in [0.1, 0.15) is 104 Å². The van der Waals surface area contributed by atoms with Crippen molar-refractivity contribution in [1.82, 2.24) is 9.80 Å². The molecular formula is C35H50N2O4. The molecule has 0 aliphatic rings. The summed E-state index contributed by atoms with van der Waals surface area (Å²) in [6.45, 7) is 13.6. The molecule has 2 rings (SSSR count). The lowest BCUT2D eigenvalue weighted by Gasteiger charge is -2.42. The number of hydrogen-bond acceptors (Lipinski definition) is 3. The summed E-state index contributed by atoms with van der Waals surface area (Å²) in [4.78, 5) is 41.9. The standard InChI is InChI=1S/C35H50N2O4/c1-7-18-31(39)37(35(5,6)27-34(2,3)4)26-17-23-30(38)36(25-16-10-15-24-32(40)41)33(28-19-11-8-12-20-28)29-21-13-9-14-22-29/h7-9,11-14,18-22,33H,10,15-17,23-27H2,1-6H3,(H,40,41). The highest BCUT2D eigenvalue weighted by molar-refractivity contribution is 5.88. The van der Waals surface area contributed by atoms with Crippen molar-refractivity contribution >= 4 is 17.8 Å². The van der Waals surface area contributed by atoms with Crippen molar-refractivity contribution in [1.29, 1.82) is 0 Å². The molecule has 0 aliphatic carbocycles. The quantitative estimate of drug-likeness (QED) is 0.168. The zero-order chi connectivity index (χ0) is 30.5. The fourth-order valence-electron chi connectivity index (χ4n) is 5.82. The molecule has 0 spiro atoms. The molecule has 0 saturated carbocycles. The molecule has 0 saturated heterocycles. The van der Waals surface area contributed by atoms with Gasteiger partial charge in [-0.05, 0) is 69.1 Å². The van der Waals surface area contributed by atoms with Crippen molar-refractivity contribution in [3.05, 3.63) is 83.9 Å². The van der Waals surface area contributed by atoms with Gasteiger partial charge in [0.1, 0.15) is 0 Å². The van der Waals surface area contributed by atoms with Crippen LogP contribution in [0.25, 0.3) is 0 Å². The van der Waals surface area contributed by atoms with Crippen molar-refractivity contribution in [2.24, 2.45) is 5.41 Å². The summed E-state index contributed by atoms with van der Waals surface area (Å²) < 4.78 is 0. The van der Waals surface area contributed by atoms with E-state index in [1.165, 1.54) is 0 Å². The number of allylic oxidation sites excluding steroid dienone is 1. The van der Waals surface area contributed by atoms with Gasteiger partial charge in [0.25, 0.3) is 0 Å². The molecule has 0 unspecified atom stereocenters. The molecule has 0 radical (unpaired) electrons. The maximum Gasteiger partial charge on any atom is 0.303 e. The smallest absolute Gasteiger partial charge is 0.303 e. The summed E-state index contributed by atoms with van der Waals surface area (Å²) in [5, 5.41) is 9.03. The number of carboxylic acids is 1. The maximum atomic E-state index is 14.0. The van der Waals surface area contributed by atoms with Crippen LogP contribution >= 0.6 is 0 Å². The lowest BCUT2D eigenvalue weighted by molar-refractivity contribution is -0.137. The van der Waals surface area contributed by atoms with E-state index >= 15 is 0 Å². The van der Waals surface area contributed by atoms with Gasteiger partial charge in [0.05, 0.1) is 6.04 Å². The third-order valence-electron chi connectivity index (χ3n) is 7.19. The van der Waals surface area contributed by atoms with Gasteiger partial charge in [-0.25, -0.2) is 0 Å². The molecule has 0 bridgehead atoms. The number of hydrogen-bond donors (Lipinski definition) is 1. The van der Waals surface area contributed by atoms with E-state index in [0.717, 1.165) is 30.4 Å². The first-order valence-corrected chi connectivity index (χ1v) is 14.9. The molecule has 41 heavy (non-hydrogen) atoms. The molecule has 0 fully saturated rings. The molecule has 1 N–H and O–H groups in total. The zero-order valence-corrected chi connectivity index (χ0v) is 25.9. The summed E-state index contributed by atoms with van der Waals surface area (Å²) in [5.74, 6) is -0.792. The summed E-state index contributed by atoms with van der Waals surface area (Å²) in [5.41, 5.74) is 1.75. The Morgan fingerprint density at radius 1 is 0.780 bits per heavy atom. The van der Waals surface area contributed by atoms with Gasteiger partial charge in [0, 0.05) is 31.5 Å². The average molecular weight is 563 g/mol. The van der Waals surface area contributed by atoms with E-state index in [-0.39, 0.29) is 35.2 Å². The molecule has 2 aromatic carbocycles. The number of benzene rings is 2. The molecule has 6 heteroatoms. The van der Waals surface area contributed by atoms with Crippen molar-refractivity contribution in [2.75, 3.05) is 13.1 Å². The van der Waals surface area contributed by atoms with Gasteiger partial charge in [-0.3, -0.25) is 14.4 Å². The van der Waals surface area contributed by atoms with E-state index in [2.05, 4.69) is 58.9 Å². The minimum atomic E-state index is -0.796. The van der Waals surface area contributed by atoms with E-state index in [1.54, 1.807) is 12.2 Å². The van der Waals surface area contributed by atoms with Crippen LogP contribution in [0.3, 0.4) is 0 Å². The first-order valence-electron chi connectivity index (χ1n) is 14.9. The minimum absolute atomic E-state index is 0.0315. The largest absolute Gasteiger partial charge is 0.481 e. The summed E-state index contributed by atoms with van der Waals surface area (Å²) in [6.07, 6.45) is 7.26. The van der Waals surface area contributed by atoms with Crippen molar-refractivity contribution in [3.63, 3.8) is 0 Å². The molecule has 0 atom stereocenters. The van der Waals surface area contributed by atoms with E-state index < -0.39 is 5.97 Å². The van der Waals surface area contributed by atoms with Crippen molar-refractivity contribution in [3.8, 4) is 0 Å². The Hall–Kier alpha value is -3.41. The fourth-order valence-corrected chi connectivity index (χ4v) is 5.82. The van der Waals surface area contributed by atoms with Crippen LogP contribution in [-0.2, 0) is 14.4 Å². The predicted octanol–water partition coefficient (Wildman–Crippen LogP) is 7.65. The van der Waals surface area contributed by atoms with Crippen LogP contribution in [0.2, 0.25) is 0 Å². The number of rotatable bonds is 16. The molecule has 0 heterocycles. The second kappa shape index (κ2) is 16.1. The van der Waals surface area contributed by atoms with E-state index in [4.69, 9.17) is 5.11 Å². The van der Waals surface area contributed by atoms with Gasteiger partial charge >= 0.3 is 5.97 Å². The van der Waals surface area contributed by atoms with Crippen LogP contribution < -0.4 is 0 Å². The zero-order valence-electron chi connectivity index (χ0n) is 25.9. The minimum Gasteiger partial charge on any atom is -0.481 e. The monoisotopic (exact) mass is 562 g/mol. The predicted molar refractivity (Wildman–Crippen MR) is 166 cm³/mol. The maximum absolute atomic E-state index is 14.0. The normalized spacial score (nSPS) is 12.1. The van der Waals surface area contributed by atoms with Crippen LogP contribution in [0.4, 0.5) is 0 Å². The number of carbonyl (C=O) groups is 3. The summed E-state index contributed by atoms with van der Waals surface area (Å²) >= 11 is 0. The van der Waals surface area contributed by atoms with Gasteiger partial charge in [0.15, 0.2) is 0 Å². The molecule has 0 aromatic heterocycles. The Balaban J connectivity index is 2.29. The van der Waals surface area contributed by atoms with Gasteiger partial charge in [-0.2, -0.15) is 0 Å². The third kappa shape index (κ3) is 11.5. The number of aliphatic carboxylic acids is 1. The van der Waals surface area contributed by atoms with E-state index in [9.17, 15) is 14.4 Å².